The molecule has 0 spiro atoms. The molecule has 1 amide bonds. The first-order valence-electron chi connectivity index (χ1n) is 9.00. The lowest BCUT2D eigenvalue weighted by Crippen LogP contribution is -2.25. The van der Waals surface area contributed by atoms with Crippen LogP contribution in [0, 0.1) is 19.3 Å². The predicted molar refractivity (Wildman–Crippen MR) is 120 cm³/mol. The van der Waals surface area contributed by atoms with Crippen LogP contribution in [0.25, 0.3) is 11.0 Å². The number of benzene rings is 2. The smallest absolute Gasteiger partial charge is 0.414 e. The molecule has 1 aromatic heterocycles. The first kappa shape index (κ1) is 21.3. The Morgan fingerprint density at radius 2 is 2.10 bits per heavy atom. The first-order chi connectivity index (χ1) is 14.3. The molecular weight excluding hydrogens is 402 g/mol. The molecule has 3 N–H and O–H groups in total. The number of nitrogens with two attached hydrogens (primary N) is 1. The number of nitrogens with zero attached hydrogens (tertiary/aromatic N) is 1. The van der Waals surface area contributed by atoms with E-state index in [2.05, 4.69) is 10.6 Å². The summed E-state index contributed by atoms with van der Waals surface area (Å²) in [5.74, 6) is 2.69. The van der Waals surface area contributed by atoms with E-state index in [9.17, 15) is 9.59 Å². The van der Waals surface area contributed by atoms with E-state index in [1.807, 2.05) is 31.2 Å². The first-order valence-corrected chi connectivity index (χ1v) is 9.88. The van der Waals surface area contributed by atoms with Crippen molar-refractivity contribution >= 4 is 34.9 Å². The van der Waals surface area contributed by atoms with Crippen molar-refractivity contribution in [3.05, 3.63) is 69.1 Å². The molecule has 0 fully saturated rings. The summed E-state index contributed by atoms with van der Waals surface area (Å²) < 4.78 is 13.8. The van der Waals surface area contributed by atoms with Crippen LogP contribution in [0.1, 0.15) is 22.3 Å². The largest absolute Gasteiger partial charge is 0.422 e. The molecule has 1 heterocycles. The maximum absolute atomic E-state index is 12.7. The Bertz CT molecular complexity index is 1210. The number of aryl methyl sites for hydroxylation is 1. The normalized spacial score (nSPS) is 10.5. The monoisotopic (exact) mass is 423 g/mol. The van der Waals surface area contributed by atoms with Crippen LogP contribution < -0.4 is 20.2 Å². The van der Waals surface area contributed by atoms with Crippen molar-refractivity contribution in [2.75, 3.05) is 18.8 Å². The molecule has 0 bridgehead atoms. The minimum atomic E-state index is -0.578. The highest BCUT2D eigenvalue weighted by Crippen LogP contribution is 2.29. The molecule has 0 radical (unpaired) electrons. The van der Waals surface area contributed by atoms with Gasteiger partial charge in [0.05, 0.1) is 5.56 Å². The molecule has 7 nitrogen and oxygen atoms in total. The molecule has 2 aromatic carbocycles. The van der Waals surface area contributed by atoms with Gasteiger partial charge in [0.2, 0.25) is 0 Å². The number of terminal acetylenes is 1. The number of amides is 1. The second kappa shape index (κ2) is 8.95. The Kier molecular flexibility index (Phi) is 6.35. The molecule has 0 saturated carbocycles. The molecule has 0 aliphatic rings. The van der Waals surface area contributed by atoms with Crippen molar-refractivity contribution in [3.8, 4) is 18.1 Å². The van der Waals surface area contributed by atoms with Gasteiger partial charge in [0, 0.05) is 55.4 Å². The maximum atomic E-state index is 12.7. The van der Waals surface area contributed by atoms with E-state index in [-0.39, 0.29) is 5.75 Å². The summed E-state index contributed by atoms with van der Waals surface area (Å²) in [6, 6.07) is 10.8. The molecule has 154 valence electrons. The molecule has 0 unspecified atom stereocenters. The van der Waals surface area contributed by atoms with Gasteiger partial charge in [-0.3, -0.25) is 5.14 Å². The fourth-order valence-electron chi connectivity index (χ4n) is 3.02. The number of rotatable bonds is 5. The van der Waals surface area contributed by atoms with Gasteiger partial charge >= 0.3 is 11.7 Å². The van der Waals surface area contributed by atoms with Crippen molar-refractivity contribution in [3.63, 3.8) is 0 Å². The molecule has 3 aromatic rings. The molecule has 0 atom stereocenters. The number of ether oxygens (including phenoxy) is 1. The Morgan fingerprint density at radius 3 is 2.77 bits per heavy atom. The average molecular weight is 423 g/mol. The third-order valence-corrected chi connectivity index (χ3v) is 4.94. The van der Waals surface area contributed by atoms with Crippen molar-refractivity contribution in [2.45, 2.75) is 13.3 Å². The Hall–Kier alpha value is -3.41. The zero-order valence-electron chi connectivity index (χ0n) is 16.8. The number of carbonyl (C=O) groups excluding carboxylic acids is 1. The van der Waals surface area contributed by atoms with Crippen LogP contribution in [0.5, 0.6) is 5.75 Å². The quantitative estimate of drug-likeness (QED) is 0.367. The van der Waals surface area contributed by atoms with E-state index < -0.39 is 11.7 Å². The Balaban J connectivity index is 2.06. The molecular formula is C22H21N3O4S. The molecule has 30 heavy (non-hydrogen) atoms. The summed E-state index contributed by atoms with van der Waals surface area (Å²) in [5.41, 5.74) is 3.30. The predicted octanol–water partition coefficient (Wildman–Crippen LogP) is 3.67. The van der Waals surface area contributed by atoms with Gasteiger partial charge in [0.15, 0.2) is 5.75 Å². The standard InChI is InChI=1S/C22H21N3O4S/c1-5-15-11-17-13(2)18(10-14-7-6-8-16(9-14)24-30-23)21(26)28-20(17)12-19(15)29-22(27)25(3)4/h1,6-9,11-12,24H,10,23H2,2-4H3. The van der Waals surface area contributed by atoms with Crippen molar-refractivity contribution in [1.29, 1.82) is 0 Å². The Morgan fingerprint density at radius 1 is 1.33 bits per heavy atom. The van der Waals surface area contributed by atoms with Gasteiger partial charge in [-0.2, -0.15) is 0 Å². The van der Waals surface area contributed by atoms with E-state index in [1.165, 1.54) is 11.0 Å². The fourth-order valence-corrected chi connectivity index (χ4v) is 3.28. The Labute approximate surface area is 178 Å². The summed E-state index contributed by atoms with van der Waals surface area (Å²) in [5, 5.41) is 6.14. The third kappa shape index (κ3) is 4.43. The van der Waals surface area contributed by atoms with Crippen molar-refractivity contribution in [1.82, 2.24) is 4.90 Å². The van der Waals surface area contributed by atoms with Crippen molar-refractivity contribution in [2.24, 2.45) is 5.14 Å². The van der Waals surface area contributed by atoms with Gasteiger partial charge in [-0.05, 0) is 36.2 Å². The zero-order valence-corrected chi connectivity index (χ0v) is 17.6. The van der Waals surface area contributed by atoms with Crippen LogP contribution in [0.15, 0.2) is 45.6 Å². The van der Waals surface area contributed by atoms with E-state index in [0.29, 0.717) is 28.5 Å². The molecule has 3 rings (SSSR count). The van der Waals surface area contributed by atoms with Gasteiger partial charge < -0.3 is 18.8 Å². The van der Waals surface area contributed by atoms with Crippen LogP contribution in [0.3, 0.4) is 0 Å². The average Bonchev–Trinajstić information content (AvgIpc) is 2.71. The van der Waals surface area contributed by atoms with Gasteiger partial charge in [-0.15, -0.1) is 6.42 Å². The second-order valence-electron chi connectivity index (χ2n) is 6.84. The highest BCUT2D eigenvalue weighted by atomic mass is 32.2. The molecule has 8 heteroatoms. The van der Waals surface area contributed by atoms with E-state index in [1.54, 1.807) is 20.2 Å². The summed E-state index contributed by atoms with van der Waals surface area (Å²) in [7, 11) is 3.12. The molecule has 0 saturated heterocycles. The lowest BCUT2D eigenvalue weighted by molar-refractivity contribution is 0.172. The second-order valence-corrected chi connectivity index (χ2v) is 7.28. The molecule has 0 aliphatic heterocycles. The topological polar surface area (TPSA) is 97.8 Å². The molecule has 0 aliphatic carbocycles. The SMILES string of the molecule is C#Cc1cc2c(C)c(Cc3cccc(NSN)c3)c(=O)oc2cc1OC(=O)N(C)C. The number of hydrogen-bond acceptors (Lipinski definition) is 7. The number of anilines is 1. The number of hydrogen-bond donors (Lipinski definition) is 2. The van der Waals surface area contributed by atoms with Crippen LogP contribution >= 0.6 is 12.1 Å². The van der Waals surface area contributed by atoms with Crippen LogP contribution in [0.2, 0.25) is 0 Å². The highest BCUT2D eigenvalue weighted by molar-refractivity contribution is 7.98. The summed E-state index contributed by atoms with van der Waals surface area (Å²) in [4.78, 5) is 25.9. The van der Waals surface area contributed by atoms with Crippen LogP contribution in [-0.4, -0.2) is 25.1 Å². The minimum Gasteiger partial charge on any atom is -0.422 e. The lowest BCUT2D eigenvalue weighted by atomic mass is 9.98. The zero-order chi connectivity index (χ0) is 21.8. The minimum absolute atomic E-state index is 0.164. The number of nitrogens with one attached hydrogen (secondary N) is 1. The lowest BCUT2D eigenvalue weighted by Gasteiger charge is -2.14. The van der Waals surface area contributed by atoms with E-state index >= 15 is 0 Å². The number of carbonyl (C=O) groups is 1. The fraction of sp³-hybridized carbons (Fsp3) is 0.182. The van der Waals surface area contributed by atoms with Gasteiger partial charge in [-0.1, -0.05) is 18.1 Å². The summed E-state index contributed by atoms with van der Waals surface area (Å²) in [6.07, 6.45) is 5.42. The number of fused-ring (bicyclic) bond motifs is 1. The van der Waals surface area contributed by atoms with Crippen LogP contribution in [-0.2, 0) is 6.42 Å². The van der Waals surface area contributed by atoms with E-state index in [4.69, 9.17) is 20.7 Å². The van der Waals surface area contributed by atoms with E-state index in [0.717, 1.165) is 28.9 Å². The van der Waals surface area contributed by atoms with Crippen molar-refractivity contribution < 1.29 is 13.9 Å². The van der Waals surface area contributed by atoms with Gasteiger partial charge in [0.25, 0.3) is 0 Å². The highest BCUT2D eigenvalue weighted by Gasteiger charge is 2.17. The summed E-state index contributed by atoms with van der Waals surface area (Å²) >= 11 is 1.00. The third-order valence-electron chi connectivity index (χ3n) is 4.59. The van der Waals surface area contributed by atoms with Gasteiger partial charge in [0.1, 0.15) is 5.58 Å². The van der Waals surface area contributed by atoms with Crippen LogP contribution in [0.4, 0.5) is 10.5 Å². The maximum Gasteiger partial charge on any atom is 0.414 e. The van der Waals surface area contributed by atoms with Gasteiger partial charge in [-0.25, -0.2) is 9.59 Å². The summed E-state index contributed by atoms with van der Waals surface area (Å²) in [6.45, 7) is 1.85.